The molecule has 1 unspecified atom stereocenters. The number of anilines is 1. The average molecular weight is 204 g/mol. The first-order valence-electron chi connectivity index (χ1n) is 4.95. The van der Waals surface area contributed by atoms with Crippen LogP contribution in [0.4, 0.5) is 5.82 Å². The van der Waals surface area contributed by atoms with E-state index in [2.05, 4.69) is 9.97 Å². The molecular formula is C10H12N4O. The largest absolute Gasteiger partial charge is 0.394 e. The molecule has 1 saturated heterocycles. The van der Waals surface area contributed by atoms with Crippen LogP contribution in [0.1, 0.15) is 18.5 Å². The van der Waals surface area contributed by atoms with Gasteiger partial charge in [0.2, 0.25) is 0 Å². The van der Waals surface area contributed by atoms with E-state index in [1.165, 1.54) is 6.20 Å². The van der Waals surface area contributed by atoms with E-state index < -0.39 is 0 Å². The minimum absolute atomic E-state index is 0.0776. The quantitative estimate of drug-likeness (QED) is 0.750. The highest BCUT2D eigenvalue weighted by Crippen LogP contribution is 2.24. The Morgan fingerprint density at radius 3 is 3.07 bits per heavy atom. The van der Waals surface area contributed by atoms with Crippen molar-refractivity contribution in [3.05, 3.63) is 18.1 Å². The molecule has 5 heteroatoms. The zero-order valence-electron chi connectivity index (χ0n) is 8.30. The fraction of sp³-hybridized carbons (Fsp3) is 0.500. The summed E-state index contributed by atoms with van der Waals surface area (Å²) in [6.07, 6.45) is 5.04. The molecular weight excluding hydrogens is 192 g/mol. The molecule has 0 radical (unpaired) electrons. The molecule has 1 atom stereocenters. The molecule has 0 bridgehead atoms. The second-order valence-electron chi connectivity index (χ2n) is 3.51. The van der Waals surface area contributed by atoms with E-state index in [9.17, 15) is 5.11 Å². The van der Waals surface area contributed by atoms with E-state index in [1.807, 2.05) is 11.0 Å². The van der Waals surface area contributed by atoms with Crippen molar-refractivity contribution >= 4 is 5.82 Å². The Kier molecular flexibility index (Phi) is 2.79. The molecule has 0 aliphatic carbocycles. The van der Waals surface area contributed by atoms with E-state index in [0.717, 1.165) is 19.4 Å². The lowest BCUT2D eigenvalue weighted by atomic mass is 10.2. The summed E-state index contributed by atoms with van der Waals surface area (Å²) in [5.41, 5.74) is 0.331. The molecule has 1 aromatic heterocycles. The van der Waals surface area contributed by atoms with Crippen molar-refractivity contribution in [1.82, 2.24) is 9.97 Å². The van der Waals surface area contributed by atoms with Crippen LogP contribution in [-0.4, -0.2) is 34.3 Å². The van der Waals surface area contributed by atoms with E-state index in [1.54, 1.807) is 6.20 Å². The van der Waals surface area contributed by atoms with Crippen LogP contribution in [-0.2, 0) is 0 Å². The maximum absolute atomic E-state index is 9.19. The first-order valence-corrected chi connectivity index (χ1v) is 4.95. The van der Waals surface area contributed by atoms with E-state index in [4.69, 9.17) is 5.26 Å². The van der Waals surface area contributed by atoms with E-state index >= 15 is 0 Å². The summed E-state index contributed by atoms with van der Waals surface area (Å²) in [6, 6.07) is 2.10. The molecule has 5 nitrogen and oxygen atoms in total. The minimum atomic E-state index is 0.0776. The SMILES string of the molecule is N#Cc1nccnc1N1CCCC1CO. The van der Waals surface area contributed by atoms with Crippen molar-refractivity contribution in [2.75, 3.05) is 18.1 Å². The van der Waals surface area contributed by atoms with Crippen LogP contribution in [0.15, 0.2) is 12.4 Å². The highest BCUT2D eigenvalue weighted by Gasteiger charge is 2.26. The van der Waals surface area contributed by atoms with Gasteiger partial charge in [0.05, 0.1) is 12.6 Å². The predicted molar refractivity (Wildman–Crippen MR) is 54.2 cm³/mol. The maximum atomic E-state index is 9.19. The standard InChI is InChI=1S/C10H12N4O/c11-6-9-10(13-4-3-12-9)14-5-1-2-8(14)7-15/h3-4,8,15H,1-2,5,7H2. The van der Waals surface area contributed by atoms with Crippen molar-refractivity contribution in [3.63, 3.8) is 0 Å². The molecule has 1 aliphatic heterocycles. The van der Waals surface area contributed by atoms with Gasteiger partial charge in [-0.1, -0.05) is 0 Å². The summed E-state index contributed by atoms with van der Waals surface area (Å²) in [7, 11) is 0. The Labute approximate surface area is 88.0 Å². The third-order valence-electron chi connectivity index (χ3n) is 2.64. The Hall–Kier alpha value is -1.67. The number of aliphatic hydroxyl groups is 1. The maximum Gasteiger partial charge on any atom is 0.183 e. The molecule has 15 heavy (non-hydrogen) atoms. The van der Waals surface area contributed by atoms with Gasteiger partial charge in [-0.25, -0.2) is 9.97 Å². The van der Waals surface area contributed by atoms with Crippen molar-refractivity contribution < 1.29 is 5.11 Å². The first kappa shape index (κ1) is 9.87. The Bertz CT molecular complexity index is 387. The van der Waals surface area contributed by atoms with Crippen LogP contribution in [0.5, 0.6) is 0 Å². The van der Waals surface area contributed by atoms with Crippen LogP contribution >= 0.6 is 0 Å². The first-order chi connectivity index (χ1) is 7.36. The van der Waals surface area contributed by atoms with Crippen LogP contribution in [0.2, 0.25) is 0 Å². The van der Waals surface area contributed by atoms with Gasteiger partial charge in [0.25, 0.3) is 0 Å². The number of hydrogen-bond acceptors (Lipinski definition) is 5. The van der Waals surface area contributed by atoms with Gasteiger partial charge < -0.3 is 10.0 Å². The molecule has 2 rings (SSSR count). The third kappa shape index (κ3) is 1.76. The zero-order valence-corrected chi connectivity index (χ0v) is 8.30. The molecule has 0 saturated carbocycles. The Morgan fingerprint density at radius 2 is 2.33 bits per heavy atom. The fourth-order valence-corrected chi connectivity index (χ4v) is 1.92. The molecule has 78 valence electrons. The second-order valence-corrected chi connectivity index (χ2v) is 3.51. The number of aliphatic hydroxyl groups excluding tert-OH is 1. The van der Waals surface area contributed by atoms with Crippen LogP contribution in [0.3, 0.4) is 0 Å². The summed E-state index contributed by atoms with van der Waals surface area (Å²) in [6.45, 7) is 0.931. The monoisotopic (exact) mass is 204 g/mol. The van der Waals surface area contributed by atoms with Gasteiger partial charge in [-0.2, -0.15) is 5.26 Å². The molecule has 0 amide bonds. The Balaban J connectivity index is 2.33. The summed E-state index contributed by atoms with van der Waals surface area (Å²) in [5.74, 6) is 0.594. The number of nitriles is 1. The molecule has 1 N–H and O–H groups in total. The molecule has 0 spiro atoms. The topological polar surface area (TPSA) is 73.0 Å². The van der Waals surface area contributed by atoms with Crippen molar-refractivity contribution in [2.24, 2.45) is 0 Å². The third-order valence-corrected chi connectivity index (χ3v) is 2.64. The van der Waals surface area contributed by atoms with Crippen LogP contribution < -0.4 is 4.90 Å². The van der Waals surface area contributed by atoms with Crippen molar-refractivity contribution in [3.8, 4) is 6.07 Å². The summed E-state index contributed by atoms with van der Waals surface area (Å²) >= 11 is 0. The molecule has 2 heterocycles. The molecule has 1 aromatic rings. The normalized spacial score (nSPS) is 20.3. The predicted octanol–water partition coefficient (Wildman–Crippen LogP) is 0.309. The van der Waals surface area contributed by atoms with Gasteiger partial charge in [-0.15, -0.1) is 0 Å². The minimum Gasteiger partial charge on any atom is -0.394 e. The molecule has 0 aromatic carbocycles. The lowest BCUT2D eigenvalue weighted by Crippen LogP contribution is -2.33. The van der Waals surface area contributed by atoms with Crippen LogP contribution in [0, 0.1) is 11.3 Å². The molecule has 1 aliphatic rings. The van der Waals surface area contributed by atoms with E-state index in [-0.39, 0.29) is 12.6 Å². The van der Waals surface area contributed by atoms with Crippen molar-refractivity contribution in [1.29, 1.82) is 5.26 Å². The second kappa shape index (κ2) is 4.24. The van der Waals surface area contributed by atoms with Gasteiger partial charge in [0.15, 0.2) is 11.5 Å². The Morgan fingerprint density at radius 1 is 1.53 bits per heavy atom. The zero-order chi connectivity index (χ0) is 10.7. The van der Waals surface area contributed by atoms with Crippen LogP contribution in [0.25, 0.3) is 0 Å². The number of aromatic nitrogens is 2. The number of hydrogen-bond donors (Lipinski definition) is 1. The lowest BCUT2D eigenvalue weighted by molar-refractivity contribution is 0.266. The van der Waals surface area contributed by atoms with Gasteiger partial charge in [0.1, 0.15) is 6.07 Å². The number of rotatable bonds is 2. The van der Waals surface area contributed by atoms with Gasteiger partial charge >= 0.3 is 0 Å². The van der Waals surface area contributed by atoms with Gasteiger partial charge in [0, 0.05) is 18.9 Å². The van der Waals surface area contributed by atoms with E-state index in [0.29, 0.717) is 11.5 Å². The summed E-state index contributed by atoms with van der Waals surface area (Å²) < 4.78 is 0. The molecule has 1 fully saturated rings. The highest BCUT2D eigenvalue weighted by molar-refractivity contribution is 5.51. The average Bonchev–Trinajstić information content (AvgIpc) is 2.76. The summed E-state index contributed by atoms with van der Waals surface area (Å²) in [4.78, 5) is 10.1. The number of nitrogens with zero attached hydrogens (tertiary/aromatic N) is 4. The summed E-state index contributed by atoms with van der Waals surface area (Å²) in [5, 5.41) is 18.1. The van der Waals surface area contributed by atoms with Gasteiger partial charge in [-0.05, 0) is 12.8 Å². The highest BCUT2D eigenvalue weighted by atomic mass is 16.3. The van der Waals surface area contributed by atoms with Crippen molar-refractivity contribution in [2.45, 2.75) is 18.9 Å². The van der Waals surface area contributed by atoms with Gasteiger partial charge in [-0.3, -0.25) is 0 Å². The fourth-order valence-electron chi connectivity index (χ4n) is 1.92. The smallest absolute Gasteiger partial charge is 0.183 e. The lowest BCUT2D eigenvalue weighted by Gasteiger charge is -2.23.